The van der Waals surface area contributed by atoms with Crippen LogP contribution < -0.4 is 5.32 Å². The number of hydrogen-bond acceptors (Lipinski definition) is 2. The molecule has 2 aliphatic heterocycles. The van der Waals surface area contributed by atoms with Crippen molar-refractivity contribution >= 4 is 29.9 Å². The molecular formula is C18H25F2IN4. The largest absolute Gasteiger partial charge is 0.356 e. The zero-order chi connectivity index (χ0) is 16.9. The number of guanidine groups is 1. The van der Waals surface area contributed by atoms with Gasteiger partial charge in [-0.3, -0.25) is 9.89 Å². The van der Waals surface area contributed by atoms with Crippen molar-refractivity contribution in [2.75, 3.05) is 39.8 Å². The Balaban J connectivity index is 0.00000225. The van der Waals surface area contributed by atoms with E-state index in [2.05, 4.69) is 32.3 Å². The monoisotopic (exact) mass is 462 g/mol. The lowest BCUT2D eigenvalue weighted by molar-refractivity contribution is 0.259. The Bertz CT molecular complexity index is 628. The summed E-state index contributed by atoms with van der Waals surface area (Å²) in [4.78, 5) is 9.04. The Morgan fingerprint density at radius 2 is 2.04 bits per heavy atom. The van der Waals surface area contributed by atoms with E-state index in [4.69, 9.17) is 0 Å². The molecule has 1 N–H and O–H groups in total. The highest BCUT2D eigenvalue weighted by Gasteiger charge is 2.29. The molecule has 1 aromatic carbocycles. The molecule has 1 atom stereocenters. The molecule has 138 valence electrons. The van der Waals surface area contributed by atoms with Crippen molar-refractivity contribution in [2.24, 2.45) is 4.99 Å². The first-order chi connectivity index (χ1) is 11.7. The SMILES string of the molecule is CN=C(NCCc1cc(F)ccc1F)N1CCC(N2CC=CC2)C1.I. The van der Waals surface area contributed by atoms with E-state index in [0.29, 0.717) is 24.6 Å². The number of hydrogen-bond donors (Lipinski definition) is 1. The molecule has 0 amide bonds. The number of nitrogens with one attached hydrogen (secondary N) is 1. The van der Waals surface area contributed by atoms with Crippen LogP contribution in [0.1, 0.15) is 12.0 Å². The third-order valence-corrected chi connectivity index (χ3v) is 4.72. The minimum Gasteiger partial charge on any atom is -0.356 e. The number of likely N-dealkylation sites (tertiary alicyclic amines) is 1. The maximum absolute atomic E-state index is 13.7. The third-order valence-electron chi connectivity index (χ3n) is 4.72. The van der Waals surface area contributed by atoms with E-state index in [1.165, 1.54) is 12.1 Å². The molecule has 0 bridgehead atoms. The van der Waals surface area contributed by atoms with E-state index in [1.54, 1.807) is 7.05 Å². The number of aliphatic imine (C=N–C) groups is 1. The molecule has 2 aliphatic rings. The summed E-state index contributed by atoms with van der Waals surface area (Å²) in [6.45, 7) is 4.51. The van der Waals surface area contributed by atoms with Gasteiger partial charge in [-0.05, 0) is 36.6 Å². The molecule has 1 fully saturated rings. The molecule has 0 aliphatic carbocycles. The molecule has 0 spiro atoms. The quantitative estimate of drug-likeness (QED) is 0.323. The van der Waals surface area contributed by atoms with Crippen LogP contribution in [0.5, 0.6) is 0 Å². The molecule has 3 rings (SSSR count). The number of benzene rings is 1. The summed E-state index contributed by atoms with van der Waals surface area (Å²) >= 11 is 0. The Kier molecular flexibility index (Phi) is 7.61. The van der Waals surface area contributed by atoms with Gasteiger partial charge in [0.05, 0.1) is 0 Å². The highest BCUT2D eigenvalue weighted by molar-refractivity contribution is 14.0. The van der Waals surface area contributed by atoms with Crippen molar-refractivity contribution in [3.63, 3.8) is 0 Å². The van der Waals surface area contributed by atoms with Gasteiger partial charge in [0.25, 0.3) is 0 Å². The van der Waals surface area contributed by atoms with Gasteiger partial charge >= 0.3 is 0 Å². The van der Waals surface area contributed by atoms with Crippen LogP contribution in [0.15, 0.2) is 35.3 Å². The van der Waals surface area contributed by atoms with Crippen molar-refractivity contribution in [2.45, 2.75) is 18.9 Å². The summed E-state index contributed by atoms with van der Waals surface area (Å²) in [5.41, 5.74) is 0.389. The van der Waals surface area contributed by atoms with Crippen LogP contribution in [0.25, 0.3) is 0 Å². The molecule has 0 saturated carbocycles. The first-order valence-electron chi connectivity index (χ1n) is 8.46. The lowest BCUT2D eigenvalue weighted by Gasteiger charge is -2.25. The minimum atomic E-state index is -0.405. The Morgan fingerprint density at radius 1 is 1.28 bits per heavy atom. The standard InChI is InChI=1S/C18H24F2N4.HI/c1-21-18(22-8-6-14-12-15(19)4-5-17(14)20)24-11-7-16(13-24)23-9-2-3-10-23;/h2-5,12,16H,6-11,13H2,1H3,(H,21,22);1H. The summed E-state index contributed by atoms with van der Waals surface area (Å²) in [6.07, 6.45) is 5.98. The van der Waals surface area contributed by atoms with E-state index in [9.17, 15) is 8.78 Å². The lowest BCUT2D eigenvalue weighted by atomic mass is 10.1. The fourth-order valence-electron chi connectivity index (χ4n) is 3.40. The zero-order valence-electron chi connectivity index (χ0n) is 14.4. The Morgan fingerprint density at radius 3 is 2.76 bits per heavy atom. The molecule has 4 nitrogen and oxygen atoms in total. The maximum Gasteiger partial charge on any atom is 0.193 e. The van der Waals surface area contributed by atoms with E-state index in [0.717, 1.165) is 44.6 Å². The molecule has 1 saturated heterocycles. The Labute approximate surface area is 165 Å². The van der Waals surface area contributed by atoms with E-state index in [1.807, 2.05) is 0 Å². The molecule has 0 aromatic heterocycles. The van der Waals surface area contributed by atoms with Crippen molar-refractivity contribution in [1.29, 1.82) is 0 Å². The van der Waals surface area contributed by atoms with Crippen molar-refractivity contribution in [3.8, 4) is 0 Å². The average Bonchev–Trinajstić information content (AvgIpc) is 3.25. The van der Waals surface area contributed by atoms with Gasteiger partial charge in [-0.25, -0.2) is 8.78 Å². The molecular weight excluding hydrogens is 437 g/mol. The van der Waals surface area contributed by atoms with Gasteiger partial charge in [0.1, 0.15) is 11.6 Å². The molecule has 7 heteroatoms. The molecule has 2 heterocycles. The van der Waals surface area contributed by atoms with Gasteiger partial charge in [-0.15, -0.1) is 24.0 Å². The molecule has 25 heavy (non-hydrogen) atoms. The first kappa shape index (κ1) is 20.1. The number of halogens is 3. The van der Waals surface area contributed by atoms with Gasteiger partial charge in [0.2, 0.25) is 0 Å². The summed E-state index contributed by atoms with van der Waals surface area (Å²) < 4.78 is 26.9. The van der Waals surface area contributed by atoms with Crippen LogP contribution in [0.4, 0.5) is 8.78 Å². The van der Waals surface area contributed by atoms with Crippen molar-refractivity contribution < 1.29 is 8.78 Å². The van der Waals surface area contributed by atoms with Crippen LogP contribution in [-0.4, -0.2) is 61.6 Å². The maximum atomic E-state index is 13.7. The van der Waals surface area contributed by atoms with Gasteiger partial charge in [-0.2, -0.15) is 0 Å². The summed E-state index contributed by atoms with van der Waals surface area (Å²) in [7, 11) is 1.76. The van der Waals surface area contributed by atoms with Crippen LogP contribution in [0, 0.1) is 11.6 Å². The van der Waals surface area contributed by atoms with Crippen LogP contribution >= 0.6 is 24.0 Å². The van der Waals surface area contributed by atoms with Gasteiger partial charge in [0.15, 0.2) is 5.96 Å². The van der Waals surface area contributed by atoms with E-state index in [-0.39, 0.29) is 29.8 Å². The predicted molar refractivity (Wildman–Crippen MR) is 108 cm³/mol. The zero-order valence-corrected chi connectivity index (χ0v) is 16.8. The van der Waals surface area contributed by atoms with Crippen LogP contribution in [0.3, 0.4) is 0 Å². The van der Waals surface area contributed by atoms with Gasteiger partial charge in [-0.1, -0.05) is 12.2 Å². The second-order valence-corrected chi connectivity index (χ2v) is 6.27. The number of nitrogens with zero attached hydrogens (tertiary/aromatic N) is 3. The van der Waals surface area contributed by atoms with Crippen LogP contribution in [-0.2, 0) is 6.42 Å². The Hall–Kier alpha value is -1.22. The van der Waals surface area contributed by atoms with Gasteiger partial charge in [0, 0.05) is 45.8 Å². The van der Waals surface area contributed by atoms with Crippen molar-refractivity contribution in [1.82, 2.24) is 15.1 Å². The smallest absolute Gasteiger partial charge is 0.193 e. The molecule has 1 unspecified atom stereocenters. The first-order valence-corrected chi connectivity index (χ1v) is 8.46. The lowest BCUT2D eigenvalue weighted by Crippen LogP contribution is -2.43. The second kappa shape index (κ2) is 9.47. The van der Waals surface area contributed by atoms with Gasteiger partial charge < -0.3 is 10.2 Å². The minimum absolute atomic E-state index is 0. The summed E-state index contributed by atoms with van der Waals surface area (Å²) in [5.74, 6) is 0.0646. The molecule has 0 radical (unpaired) electrons. The second-order valence-electron chi connectivity index (χ2n) is 6.27. The fraction of sp³-hybridized carbons (Fsp3) is 0.500. The highest BCUT2D eigenvalue weighted by Crippen LogP contribution is 2.18. The van der Waals surface area contributed by atoms with Crippen LogP contribution in [0.2, 0.25) is 0 Å². The number of rotatable bonds is 4. The van der Waals surface area contributed by atoms with Crippen molar-refractivity contribution in [3.05, 3.63) is 47.5 Å². The summed E-state index contributed by atoms with van der Waals surface area (Å²) in [5, 5.41) is 3.27. The third kappa shape index (κ3) is 5.13. The van der Waals surface area contributed by atoms with E-state index >= 15 is 0 Å². The highest BCUT2D eigenvalue weighted by atomic mass is 127. The topological polar surface area (TPSA) is 30.9 Å². The van der Waals surface area contributed by atoms with E-state index < -0.39 is 5.82 Å². The summed E-state index contributed by atoms with van der Waals surface area (Å²) in [6, 6.07) is 4.13. The predicted octanol–water partition coefficient (Wildman–Crippen LogP) is 2.65. The fourth-order valence-corrected chi connectivity index (χ4v) is 3.40. The average molecular weight is 462 g/mol. The molecule has 1 aromatic rings. The normalized spacial score (nSPS) is 20.8.